The van der Waals surface area contributed by atoms with E-state index in [2.05, 4.69) is 0 Å². The molecule has 26 heavy (non-hydrogen) atoms. The van der Waals surface area contributed by atoms with Crippen molar-refractivity contribution in [3.05, 3.63) is 22.5 Å². The number of rotatable bonds is 4. The van der Waals surface area contributed by atoms with Crippen molar-refractivity contribution in [3.63, 3.8) is 0 Å². The Morgan fingerprint density at radius 2 is 1.27 bits per heavy atom. The van der Waals surface area contributed by atoms with Crippen LogP contribution in [0.4, 0.5) is 26.3 Å². The second kappa shape index (κ2) is 8.28. The number of carbonyl (C=O) groups is 2. The van der Waals surface area contributed by atoms with Crippen LogP contribution in [-0.2, 0) is 9.59 Å². The number of alkyl halides is 6. The van der Waals surface area contributed by atoms with Crippen LogP contribution < -0.4 is 5.32 Å². The highest BCUT2D eigenvalue weighted by molar-refractivity contribution is 8.13. The molecule has 1 rings (SSSR count). The molecule has 0 aromatic heterocycles. The molecule has 11 heteroatoms. The van der Waals surface area contributed by atoms with E-state index in [1.54, 1.807) is 13.8 Å². The van der Waals surface area contributed by atoms with E-state index in [-0.39, 0.29) is 12.3 Å². The first kappa shape index (κ1) is 22.9. The van der Waals surface area contributed by atoms with Crippen LogP contribution in [0.15, 0.2) is 22.5 Å². The average Bonchev–Trinajstić information content (AvgIpc) is 2.49. The Morgan fingerprint density at radius 3 is 1.50 bits per heavy atom. The molecule has 3 nitrogen and oxygen atoms in total. The summed E-state index contributed by atoms with van der Waals surface area (Å²) in [7, 11) is 0. The van der Waals surface area contributed by atoms with E-state index in [1.807, 2.05) is 0 Å². The SMILES string of the molecule is CSC(=O)C1=C(C(F)(F)F)NC(C(F)(F)F)=C(C(=O)SC)C1CC(C)C. The van der Waals surface area contributed by atoms with Gasteiger partial charge in [-0.3, -0.25) is 9.59 Å². The van der Waals surface area contributed by atoms with Crippen LogP contribution in [0.25, 0.3) is 0 Å². The molecule has 1 N–H and O–H groups in total. The van der Waals surface area contributed by atoms with E-state index in [4.69, 9.17) is 0 Å². The third-order valence-corrected chi connectivity index (χ3v) is 4.75. The van der Waals surface area contributed by atoms with Gasteiger partial charge in [0.25, 0.3) is 0 Å². The van der Waals surface area contributed by atoms with Crippen molar-refractivity contribution in [3.8, 4) is 0 Å². The summed E-state index contributed by atoms with van der Waals surface area (Å²) < 4.78 is 80.5. The number of hydrogen-bond acceptors (Lipinski definition) is 5. The van der Waals surface area contributed by atoms with Crippen molar-refractivity contribution in [1.82, 2.24) is 5.32 Å². The molecule has 0 aromatic carbocycles. The molecule has 0 atom stereocenters. The maximum absolute atomic E-state index is 13.4. The first-order chi connectivity index (χ1) is 11.8. The molecule has 0 fully saturated rings. The third kappa shape index (κ3) is 4.99. The van der Waals surface area contributed by atoms with Crippen molar-refractivity contribution in [2.45, 2.75) is 32.6 Å². The Labute approximate surface area is 155 Å². The molecule has 1 aliphatic rings. The van der Waals surface area contributed by atoms with Crippen molar-refractivity contribution >= 4 is 33.8 Å². The van der Waals surface area contributed by atoms with Crippen LogP contribution in [0.2, 0.25) is 0 Å². The van der Waals surface area contributed by atoms with Crippen molar-refractivity contribution in [2.24, 2.45) is 11.8 Å². The van der Waals surface area contributed by atoms with Crippen molar-refractivity contribution < 1.29 is 35.9 Å². The minimum atomic E-state index is -5.21. The number of nitrogens with one attached hydrogen (secondary N) is 1. The summed E-state index contributed by atoms with van der Waals surface area (Å²) in [6, 6.07) is 0. The summed E-state index contributed by atoms with van der Waals surface area (Å²) in [4.78, 5) is 24.3. The van der Waals surface area contributed by atoms with E-state index in [0.717, 1.165) is 0 Å². The Kier molecular flexibility index (Phi) is 7.31. The zero-order chi connectivity index (χ0) is 20.4. The Hall–Kier alpha value is -1.10. The molecular weight excluding hydrogens is 404 g/mol. The molecule has 0 spiro atoms. The van der Waals surface area contributed by atoms with Crippen LogP contribution in [0.1, 0.15) is 20.3 Å². The lowest BCUT2D eigenvalue weighted by atomic mass is 9.80. The smallest absolute Gasteiger partial charge is 0.347 e. The maximum atomic E-state index is 13.4. The predicted molar refractivity (Wildman–Crippen MR) is 89.3 cm³/mol. The standard InChI is InChI=1S/C15H17F6NO2S2/c1-6(2)5-7-8(12(23)25-3)10(14(16,17)18)22-11(15(19,20)21)9(7)13(24)26-4/h6-7,22H,5H2,1-4H3. The molecule has 0 aromatic rings. The quantitative estimate of drug-likeness (QED) is 0.669. The highest BCUT2D eigenvalue weighted by atomic mass is 32.2. The van der Waals surface area contributed by atoms with Gasteiger partial charge >= 0.3 is 12.4 Å². The number of dihydropyridines is 1. The molecule has 0 aliphatic carbocycles. The Balaban J connectivity index is 3.84. The van der Waals surface area contributed by atoms with E-state index in [1.165, 1.54) is 17.8 Å². The molecule has 0 bridgehead atoms. The molecule has 0 saturated heterocycles. The zero-order valence-electron chi connectivity index (χ0n) is 14.3. The molecule has 1 heterocycles. The minimum absolute atomic E-state index is 0.204. The predicted octanol–water partition coefficient (Wildman–Crippen LogP) is 4.66. The molecule has 148 valence electrons. The lowest BCUT2D eigenvalue weighted by molar-refractivity contribution is -0.121. The van der Waals surface area contributed by atoms with Crippen LogP contribution in [-0.4, -0.2) is 35.1 Å². The van der Waals surface area contributed by atoms with Gasteiger partial charge in [0.1, 0.15) is 11.4 Å². The van der Waals surface area contributed by atoms with E-state index < -0.39 is 51.0 Å². The van der Waals surface area contributed by atoms with Gasteiger partial charge in [-0.05, 0) is 24.9 Å². The topological polar surface area (TPSA) is 46.2 Å². The number of hydrogen-bond donors (Lipinski definition) is 1. The summed E-state index contributed by atoms with van der Waals surface area (Å²) in [5, 5.41) is -0.742. The van der Waals surface area contributed by atoms with Crippen molar-refractivity contribution in [2.75, 3.05) is 12.5 Å². The summed E-state index contributed by atoms with van der Waals surface area (Å²) in [5.74, 6) is -1.94. The van der Waals surface area contributed by atoms with Gasteiger partial charge in [0, 0.05) is 17.1 Å². The highest BCUT2D eigenvalue weighted by Crippen LogP contribution is 2.45. The summed E-state index contributed by atoms with van der Waals surface area (Å²) in [6.45, 7) is 3.18. The highest BCUT2D eigenvalue weighted by Gasteiger charge is 2.51. The van der Waals surface area contributed by atoms with Gasteiger partial charge in [-0.1, -0.05) is 37.4 Å². The van der Waals surface area contributed by atoms with Crippen molar-refractivity contribution in [1.29, 1.82) is 0 Å². The number of carbonyl (C=O) groups excluding carboxylic acids is 2. The van der Waals surface area contributed by atoms with Gasteiger partial charge in [-0.15, -0.1) is 0 Å². The van der Waals surface area contributed by atoms with E-state index in [0.29, 0.717) is 23.5 Å². The lowest BCUT2D eigenvalue weighted by Gasteiger charge is -2.34. The van der Waals surface area contributed by atoms with Gasteiger partial charge in [0.15, 0.2) is 0 Å². The zero-order valence-corrected chi connectivity index (χ0v) is 15.9. The number of thioether (sulfide) groups is 2. The van der Waals surface area contributed by atoms with Gasteiger partial charge in [0.2, 0.25) is 10.2 Å². The fourth-order valence-corrected chi connectivity index (χ4v) is 3.54. The van der Waals surface area contributed by atoms with Crippen LogP contribution in [0, 0.1) is 11.8 Å². The Morgan fingerprint density at radius 1 is 0.923 bits per heavy atom. The molecule has 1 aliphatic heterocycles. The number of halogens is 6. The normalized spacial score (nSPS) is 17.0. The molecule has 0 saturated carbocycles. The summed E-state index contributed by atoms with van der Waals surface area (Å²) in [5.41, 5.74) is -5.20. The second-order valence-electron chi connectivity index (χ2n) is 5.86. The van der Waals surface area contributed by atoms with E-state index in [9.17, 15) is 35.9 Å². The van der Waals surface area contributed by atoms with Gasteiger partial charge in [-0.2, -0.15) is 26.3 Å². The van der Waals surface area contributed by atoms with Gasteiger partial charge in [0.05, 0.1) is 0 Å². The van der Waals surface area contributed by atoms with Crippen LogP contribution in [0.3, 0.4) is 0 Å². The largest absolute Gasteiger partial charge is 0.431 e. The van der Waals surface area contributed by atoms with Crippen LogP contribution in [0.5, 0.6) is 0 Å². The first-order valence-corrected chi connectivity index (χ1v) is 9.76. The molecule has 0 amide bonds. The first-order valence-electron chi connectivity index (χ1n) is 7.32. The molecule has 0 unspecified atom stereocenters. The molecule has 0 radical (unpaired) electrons. The van der Waals surface area contributed by atoms with Crippen LogP contribution >= 0.6 is 23.5 Å². The van der Waals surface area contributed by atoms with Gasteiger partial charge in [-0.25, -0.2) is 0 Å². The minimum Gasteiger partial charge on any atom is -0.347 e. The monoisotopic (exact) mass is 421 g/mol. The summed E-state index contributed by atoms with van der Waals surface area (Å²) >= 11 is 0.907. The third-order valence-electron chi connectivity index (χ3n) is 3.57. The fourth-order valence-electron chi connectivity index (χ4n) is 2.62. The second-order valence-corrected chi connectivity index (χ2v) is 7.42. The van der Waals surface area contributed by atoms with Gasteiger partial charge < -0.3 is 5.32 Å². The molecular formula is C15H17F6NO2S2. The fraction of sp³-hybridized carbons (Fsp3) is 0.600. The number of allylic oxidation sites excluding steroid dienone is 2. The summed E-state index contributed by atoms with van der Waals surface area (Å²) in [6.07, 6.45) is -8.16. The Bertz CT molecular complexity index is 600. The average molecular weight is 421 g/mol. The van der Waals surface area contributed by atoms with E-state index >= 15 is 0 Å². The lowest BCUT2D eigenvalue weighted by Crippen LogP contribution is -2.43. The maximum Gasteiger partial charge on any atom is 0.431 e.